The molecule has 0 aliphatic heterocycles. The number of hydrogen-bond donors (Lipinski definition) is 1. The van der Waals surface area contributed by atoms with Crippen molar-refractivity contribution in [2.75, 3.05) is 6.54 Å². The van der Waals surface area contributed by atoms with Crippen molar-refractivity contribution >= 4 is 0 Å². The molecule has 0 spiro atoms. The first kappa shape index (κ1) is 8.21. The monoisotopic (exact) mass is 152 g/mol. The van der Waals surface area contributed by atoms with Crippen molar-refractivity contribution in [3.63, 3.8) is 0 Å². The maximum absolute atomic E-state index is 12.9. The van der Waals surface area contributed by atoms with Gasteiger partial charge in [0.15, 0.2) is 0 Å². The molecule has 1 radical (unpaired) electrons. The maximum Gasteiger partial charge on any atom is 0.127 e. The molecular weight excluding hydrogens is 141 g/mol. The lowest BCUT2D eigenvalue weighted by molar-refractivity contribution is 0.593. The fourth-order valence-corrected chi connectivity index (χ4v) is 0.841. The van der Waals surface area contributed by atoms with Gasteiger partial charge in [-0.2, -0.15) is 0 Å². The molecule has 0 saturated heterocycles. The second-order valence-electron chi connectivity index (χ2n) is 2.30. The minimum atomic E-state index is -0.162. The Bertz CT molecular complexity index is 223. The zero-order valence-corrected chi connectivity index (χ0v) is 6.52. The summed E-state index contributed by atoms with van der Waals surface area (Å²) >= 11 is 0. The molecule has 1 aromatic rings. The Morgan fingerprint density at radius 1 is 1.64 bits per heavy atom. The Morgan fingerprint density at radius 2 is 2.45 bits per heavy atom. The Labute approximate surface area is 66.2 Å². The van der Waals surface area contributed by atoms with Crippen LogP contribution < -0.4 is 5.32 Å². The molecule has 11 heavy (non-hydrogen) atoms. The standard InChI is InChI=1S/C9H11FN/c1-2-11-7-8-5-3-4-6-9(8)10/h4-6,11H,2,7H2,1H3. The average Bonchev–Trinajstić information content (AvgIpc) is 2.03. The van der Waals surface area contributed by atoms with Crippen LogP contribution in [-0.2, 0) is 6.54 Å². The molecule has 0 atom stereocenters. The van der Waals surface area contributed by atoms with Gasteiger partial charge in [-0.05, 0) is 24.7 Å². The minimum absolute atomic E-state index is 0.162. The van der Waals surface area contributed by atoms with E-state index in [1.807, 2.05) is 6.92 Å². The van der Waals surface area contributed by atoms with Gasteiger partial charge in [-0.3, -0.25) is 0 Å². The highest BCUT2D eigenvalue weighted by atomic mass is 19.1. The lowest BCUT2D eigenvalue weighted by Crippen LogP contribution is -2.12. The summed E-state index contributed by atoms with van der Waals surface area (Å²) in [6.07, 6.45) is 0. The van der Waals surface area contributed by atoms with E-state index in [9.17, 15) is 4.39 Å². The van der Waals surface area contributed by atoms with Gasteiger partial charge in [-0.1, -0.05) is 13.0 Å². The molecule has 0 unspecified atom stereocenters. The van der Waals surface area contributed by atoms with E-state index in [0.29, 0.717) is 12.1 Å². The molecule has 0 aliphatic rings. The van der Waals surface area contributed by atoms with Gasteiger partial charge in [0, 0.05) is 12.1 Å². The Kier molecular flexibility index (Phi) is 3.05. The van der Waals surface area contributed by atoms with Crippen molar-refractivity contribution in [3.05, 3.63) is 35.6 Å². The number of halogens is 1. The third-order valence-corrected chi connectivity index (χ3v) is 1.46. The summed E-state index contributed by atoms with van der Waals surface area (Å²) in [4.78, 5) is 0. The van der Waals surface area contributed by atoms with Crippen LogP contribution in [0, 0.1) is 11.9 Å². The largest absolute Gasteiger partial charge is 0.313 e. The van der Waals surface area contributed by atoms with E-state index in [1.54, 1.807) is 12.1 Å². The molecule has 0 fully saturated rings. The fourth-order valence-electron chi connectivity index (χ4n) is 0.841. The van der Waals surface area contributed by atoms with Gasteiger partial charge < -0.3 is 5.32 Å². The van der Waals surface area contributed by atoms with Crippen molar-refractivity contribution in [2.24, 2.45) is 0 Å². The highest BCUT2D eigenvalue weighted by Crippen LogP contribution is 2.04. The van der Waals surface area contributed by atoms with Crippen LogP contribution in [0.4, 0.5) is 4.39 Å². The third-order valence-electron chi connectivity index (χ3n) is 1.46. The summed E-state index contributed by atoms with van der Waals surface area (Å²) in [5.74, 6) is -0.162. The first-order valence-corrected chi connectivity index (χ1v) is 3.69. The average molecular weight is 152 g/mol. The summed E-state index contributed by atoms with van der Waals surface area (Å²) in [6, 6.07) is 7.49. The third kappa shape index (κ3) is 2.31. The van der Waals surface area contributed by atoms with Gasteiger partial charge in [0.2, 0.25) is 0 Å². The molecule has 0 amide bonds. The molecule has 1 nitrogen and oxygen atoms in total. The molecule has 0 aromatic heterocycles. The van der Waals surface area contributed by atoms with Crippen molar-refractivity contribution < 1.29 is 4.39 Å². The predicted molar refractivity (Wildman–Crippen MR) is 42.6 cm³/mol. The molecule has 2 heteroatoms. The van der Waals surface area contributed by atoms with E-state index in [4.69, 9.17) is 0 Å². The first-order valence-electron chi connectivity index (χ1n) is 3.69. The summed E-state index contributed by atoms with van der Waals surface area (Å²) in [7, 11) is 0. The molecule has 59 valence electrons. The van der Waals surface area contributed by atoms with Gasteiger partial charge in [0.25, 0.3) is 0 Å². The minimum Gasteiger partial charge on any atom is -0.313 e. The van der Waals surface area contributed by atoms with Gasteiger partial charge in [-0.25, -0.2) is 4.39 Å². The molecule has 1 aromatic carbocycles. The van der Waals surface area contributed by atoms with E-state index < -0.39 is 0 Å². The zero-order chi connectivity index (χ0) is 8.10. The number of rotatable bonds is 3. The second-order valence-corrected chi connectivity index (χ2v) is 2.30. The Hall–Kier alpha value is -0.890. The summed E-state index contributed by atoms with van der Waals surface area (Å²) in [6.45, 7) is 3.43. The smallest absolute Gasteiger partial charge is 0.127 e. The SMILES string of the molecule is CCNCc1c[c]ccc1F. The van der Waals surface area contributed by atoms with Crippen molar-refractivity contribution in [1.29, 1.82) is 0 Å². The lowest BCUT2D eigenvalue weighted by Gasteiger charge is -2.01. The fraction of sp³-hybridized carbons (Fsp3) is 0.333. The van der Waals surface area contributed by atoms with Crippen molar-refractivity contribution in [2.45, 2.75) is 13.5 Å². The molecule has 0 bridgehead atoms. The molecule has 0 heterocycles. The van der Waals surface area contributed by atoms with Crippen LogP contribution in [0.2, 0.25) is 0 Å². The Balaban J connectivity index is 2.62. The van der Waals surface area contributed by atoms with E-state index >= 15 is 0 Å². The van der Waals surface area contributed by atoms with Crippen LogP contribution in [0.15, 0.2) is 18.2 Å². The van der Waals surface area contributed by atoms with Crippen molar-refractivity contribution in [3.8, 4) is 0 Å². The van der Waals surface area contributed by atoms with Gasteiger partial charge in [-0.15, -0.1) is 0 Å². The first-order chi connectivity index (χ1) is 5.34. The van der Waals surface area contributed by atoms with Gasteiger partial charge in [0.05, 0.1) is 0 Å². The predicted octanol–water partition coefficient (Wildman–Crippen LogP) is 1.74. The van der Waals surface area contributed by atoms with E-state index in [1.165, 1.54) is 6.07 Å². The van der Waals surface area contributed by atoms with Gasteiger partial charge >= 0.3 is 0 Å². The number of benzene rings is 1. The van der Waals surface area contributed by atoms with Crippen molar-refractivity contribution in [1.82, 2.24) is 5.32 Å². The number of hydrogen-bond acceptors (Lipinski definition) is 1. The normalized spacial score (nSPS) is 10.0. The zero-order valence-electron chi connectivity index (χ0n) is 6.52. The maximum atomic E-state index is 12.9. The van der Waals surface area contributed by atoms with Crippen LogP contribution in [-0.4, -0.2) is 6.54 Å². The highest BCUT2D eigenvalue weighted by Gasteiger charge is 1.97. The molecule has 1 N–H and O–H groups in total. The van der Waals surface area contributed by atoms with Crippen LogP contribution in [0.3, 0.4) is 0 Å². The molecule has 0 aliphatic carbocycles. The lowest BCUT2D eigenvalue weighted by atomic mass is 10.2. The van der Waals surface area contributed by atoms with Crippen LogP contribution in [0.25, 0.3) is 0 Å². The second kappa shape index (κ2) is 4.09. The topological polar surface area (TPSA) is 12.0 Å². The summed E-state index contributed by atoms with van der Waals surface area (Å²) < 4.78 is 12.9. The van der Waals surface area contributed by atoms with E-state index in [0.717, 1.165) is 6.54 Å². The van der Waals surface area contributed by atoms with Crippen LogP contribution in [0.1, 0.15) is 12.5 Å². The quantitative estimate of drug-likeness (QED) is 0.695. The van der Waals surface area contributed by atoms with Crippen LogP contribution in [0.5, 0.6) is 0 Å². The van der Waals surface area contributed by atoms with Crippen LogP contribution >= 0.6 is 0 Å². The summed E-state index contributed by atoms with van der Waals surface area (Å²) in [5.41, 5.74) is 0.675. The van der Waals surface area contributed by atoms with Gasteiger partial charge in [0.1, 0.15) is 5.82 Å². The highest BCUT2D eigenvalue weighted by molar-refractivity contribution is 5.15. The molecular formula is C9H11FN. The van der Waals surface area contributed by atoms with E-state index in [2.05, 4.69) is 11.4 Å². The Morgan fingerprint density at radius 3 is 3.09 bits per heavy atom. The van der Waals surface area contributed by atoms with E-state index in [-0.39, 0.29) is 5.82 Å². The molecule has 1 rings (SSSR count). The molecule has 0 saturated carbocycles. The summed E-state index contributed by atoms with van der Waals surface area (Å²) in [5, 5.41) is 3.05. The number of nitrogens with one attached hydrogen (secondary N) is 1.